The normalized spacial score (nSPS) is 36.1. The highest BCUT2D eigenvalue weighted by Crippen LogP contribution is 2.13. The number of nitrogens with one attached hydrogen (secondary N) is 1. The summed E-state index contributed by atoms with van der Waals surface area (Å²) in [6.45, 7) is 7.41. The van der Waals surface area contributed by atoms with Crippen molar-refractivity contribution in [2.75, 3.05) is 32.8 Å². The van der Waals surface area contributed by atoms with Crippen LogP contribution in [0, 0.1) is 0 Å². The molecule has 0 spiro atoms. The molecule has 2 aliphatic heterocycles. The summed E-state index contributed by atoms with van der Waals surface area (Å²) in [6, 6.07) is 0. The minimum Gasteiger partial charge on any atom is -0.372 e. The molecule has 0 saturated carbocycles. The van der Waals surface area contributed by atoms with E-state index in [4.69, 9.17) is 9.47 Å². The number of carbonyl (C=O) groups excluding carboxylic acids is 1. The monoisotopic (exact) mass is 228 g/mol. The zero-order valence-electron chi connectivity index (χ0n) is 9.94. The van der Waals surface area contributed by atoms with Crippen LogP contribution in [0.2, 0.25) is 0 Å². The van der Waals surface area contributed by atoms with Crippen molar-refractivity contribution >= 4 is 5.91 Å². The molecule has 2 aliphatic rings. The van der Waals surface area contributed by atoms with Crippen molar-refractivity contribution in [2.24, 2.45) is 0 Å². The predicted octanol–water partition coefficient (Wildman–Crippen LogP) is -0.389. The van der Waals surface area contributed by atoms with Gasteiger partial charge in [-0.1, -0.05) is 0 Å². The number of hydrogen-bond donors (Lipinski definition) is 1. The Morgan fingerprint density at radius 3 is 2.56 bits per heavy atom. The molecule has 2 fully saturated rings. The largest absolute Gasteiger partial charge is 0.372 e. The van der Waals surface area contributed by atoms with Gasteiger partial charge in [0, 0.05) is 26.2 Å². The topological polar surface area (TPSA) is 50.8 Å². The van der Waals surface area contributed by atoms with Gasteiger partial charge in [0.15, 0.2) is 0 Å². The minimum absolute atomic E-state index is 0.0919. The molecule has 5 nitrogen and oxygen atoms in total. The van der Waals surface area contributed by atoms with Gasteiger partial charge in [0.2, 0.25) is 0 Å². The molecule has 1 N–H and O–H groups in total. The van der Waals surface area contributed by atoms with Crippen LogP contribution in [0.1, 0.15) is 13.8 Å². The molecular formula is C11H20N2O3. The average Bonchev–Trinajstić information content (AvgIpc) is 2.28. The van der Waals surface area contributed by atoms with E-state index in [9.17, 15) is 4.79 Å². The second kappa shape index (κ2) is 5.12. The summed E-state index contributed by atoms with van der Waals surface area (Å²) >= 11 is 0. The lowest BCUT2D eigenvalue weighted by Crippen LogP contribution is -2.55. The van der Waals surface area contributed by atoms with Gasteiger partial charge < -0.3 is 19.7 Å². The maximum Gasteiger partial charge on any atom is 0.253 e. The second-order valence-corrected chi connectivity index (χ2v) is 4.56. The highest BCUT2D eigenvalue weighted by atomic mass is 16.5. The summed E-state index contributed by atoms with van der Waals surface area (Å²) in [5.41, 5.74) is 0. The molecule has 1 amide bonds. The van der Waals surface area contributed by atoms with Crippen LogP contribution in [0.4, 0.5) is 0 Å². The molecule has 92 valence electrons. The molecule has 5 heteroatoms. The second-order valence-electron chi connectivity index (χ2n) is 4.56. The van der Waals surface area contributed by atoms with E-state index in [2.05, 4.69) is 5.32 Å². The molecule has 2 heterocycles. The van der Waals surface area contributed by atoms with E-state index >= 15 is 0 Å². The average molecular weight is 228 g/mol. The van der Waals surface area contributed by atoms with E-state index < -0.39 is 0 Å². The quantitative estimate of drug-likeness (QED) is 0.664. The fourth-order valence-corrected chi connectivity index (χ4v) is 2.29. The molecule has 0 aromatic rings. The minimum atomic E-state index is -0.314. The summed E-state index contributed by atoms with van der Waals surface area (Å²) in [7, 11) is 0. The van der Waals surface area contributed by atoms with Crippen LogP contribution in [0.5, 0.6) is 0 Å². The Hall–Kier alpha value is -0.650. The van der Waals surface area contributed by atoms with Gasteiger partial charge in [0.05, 0.1) is 18.8 Å². The fraction of sp³-hybridized carbons (Fsp3) is 0.909. The summed E-state index contributed by atoms with van der Waals surface area (Å²) in [5, 5.41) is 3.17. The molecule has 0 radical (unpaired) electrons. The molecule has 0 aliphatic carbocycles. The van der Waals surface area contributed by atoms with Gasteiger partial charge in [-0.3, -0.25) is 4.79 Å². The third kappa shape index (κ3) is 2.72. The fourth-order valence-electron chi connectivity index (χ4n) is 2.29. The van der Waals surface area contributed by atoms with Gasteiger partial charge in [0.1, 0.15) is 6.10 Å². The lowest BCUT2D eigenvalue weighted by atomic mass is 10.2. The van der Waals surface area contributed by atoms with E-state index in [-0.39, 0.29) is 24.2 Å². The van der Waals surface area contributed by atoms with E-state index in [0.29, 0.717) is 26.2 Å². The lowest BCUT2D eigenvalue weighted by Gasteiger charge is -2.37. The van der Waals surface area contributed by atoms with Crippen molar-refractivity contribution in [1.29, 1.82) is 0 Å². The zero-order chi connectivity index (χ0) is 11.5. The first-order valence-electron chi connectivity index (χ1n) is 5.93. The van der Waals surface area contributed by atoms with Crippen molar-refractivity contribution in [3.63, 3.8) is 0 Å². The van der Waals surface area contributed by atoms with Gasteiger partial charge in [-0.25, -0.2) is 0 Å². The highest BCUT2D eigenvalue weighted by molar-refractivity contribution is 5.81. The summed E-state index contributed by atoms with van der Waals surface area (Å²) < 4.78 is 11.1. The van der Waals surface area contributed by atoms with Crippen LogP contribution in [-0.2, 0) is 14.3 Å². The number of nitrogens with zero attached hydrogens (tertiary/aromatic N) is 1. The predicted molar refractivity (Wildman–Crippen MR) is 59.2 cm³/mol. The van der Waals surface area contributed by atoms with Gasteiger partial charge >= 0.3 is 0 Å². The van der Waals surface area contributed by atoms with Crippen LogP contribution in [0.25, 0.3) is 0 Å². The highest BCUT2D eigenvalue weighted by Gasteiger charge is 2.31. The van der Waals surface area contributed by atoms with Gasteiger partial charge in [-0.05, 0) is 13.8 Å². The Kier molecular flexibility index (Phi) is 3.78. The van der Waals surface area contributed by atoms with Crippen molar-refractivity contribution in [2.45, 2.75) is 32.2 Å². The Balaban J connectivity index is 1.92. The summed E-state index contributed by atoms with van der Waals surface area (Å²) in [6.07, 6.45) is -0.0836. The van der Waals surface area contributed by atoms with Gasteiger partial charge in [-0.2, -0.15) is 0 Å². The number of hydrogen-bond acceptors (Lipinski definition) is 4. The molecular weight excluding hydrogens is 208 g/mol. The van der Waals surface area contributed by atoms with Crippen LogP contribution in [0.3, 0.4) is 0 Å². The molecule has 1 unspecified atom stereocenters. The number of rotatable bonds is 1. The third-order valence-electron chi connectivity index (χ3n) is 2.93. The van der Waals surface area contributed by atoms with Crippen LogP contribution in [-0.4, -0.2) is 61.9 Å². The molecule has 0 aromatic heterocycles. The molecule has 2 saturated heterocycles. The number of morpholine rings is 2. The molecule has 0 bridgehead atoms. The maximum absolute atomic E-state index is 12.1. The van der Waals surface area contributed by atoms with E-state index in [1.54, 1.807) is 0 Å². The molecule has 0 aromatic carbocycles. The van der Waals surface area contributed by atoms with Crippen LogP contribution >= 0.6 is 0 Å². The van der Waals surface area contributed by atoms with Gasteiger partial charge in [0.25, 0.3) is 5.91 Å². The SMILES string of the molecule is C[C@@H]1CN(C(=O)C2CNCCO2)C[C@H](C)O1. The van der Waals surface area contributed by atoms with E-state index in [0.717, 1.165) is 6.54 Å². The molecule has 16 heavy (non-hydrogen) atoms. The molecule has 3 atom stereocenters. The Morgan fingerprint density at radius 1 is 1.31 bits per heavy atom. The van der Waals surface area contributed by atoms with Crippen molar-refractivity contribution in [1.82, 2.24) is 10.2 Å². The number of carbonyl (C=O) groups is 1. The van der Waals surface area contributed by atoms with Crippen molar-refractivity contribution < 1.29 is 14.3 Å². The number of amides is 1. The summed E-state index contributed by atoms with van der Waals surface area (Å²) in [4.78, 5) is 14.0. The first-order valence-corrected chi connectivity index (χ1v) is 5.93. The number of ether oxygens (including phenoxy) is 2. The maximum atomic E-state index is 12.1. The first-order chi connectivity index (χ1) is 7.66. The first kappa shape index (κ1) is 11.8. The van der Waals surface area contributed by atoms with Crippen molar-refractivity contribution in [3.8, 4) is 0 Å². The smallest absolute Gasteiger partial charge is 0.253 e. The van der Waals surface area contributed by atoms with E-state index in [1.807, 2.05) is 18.7 Å². The Labute approximate surface area is 96.1 Å². The third-order valence-corrected chi connectivity index (χ3v) is 2.93. The van der Waals surface area contributed by atoms with Gasteiger partial charge in [-0.15, -0.1) is 0 Å². The Morgan fingerprint density at radius 2 is 2.00 bits per heavy atom. The van der Waals surface area contributed by atoms with E-state index in [1.165, 1.54) is 0 Å². The van der Waals surface area contributed by atoms with Crippen molar-refractivity contribution in [3.05, 3.63) is 0 Å². The zero-order valence-corrected chi connectivity index (χ0v) is 9.94. The Bertz CT molecular complexity index is 244. The van der Waals surface area contributed by atoms with Crippen LogP contribution in [0.15, 0.2) is 0 Å². The molecule has 2 rings (SSSR count). The lowest BCUT2D eigenvalue weighted by molar-refractivity contribution is -0.156. The standard InChI is InChI=1S/C11H20N2O3/c1-8-6-13(7-9(2)16-8)11(14)10-5-12-3-4-15-10/h8-10,12H,3-7H2,1-2H3/t8-,9+,10?. The van der Waals surface area contributed by atoms with Crippen LogP contribution < -0.4 is 5.32 Å². The summed E-state index contributed by atoms with van der Waals surface area (Å²) in [5.74, 6) is 0.0919.